The molecule has 1 aliphatic carbocycles. The Morgan fingerprint density at radius 2 is 1.08 bits per heavy atom. The molecule has 1 nitrogen and oxygen atoms in total. The first kappa shape index (κ1) is 29.9. The number of fused-ring (bicyclic) bond motifs is 7. The lowest BCUT2D eigenvalue weighted by Gasteiger charge is -2.28. The highest BCUT2D eigenvalue weighted by molar-refractivity contribution is 7.26. The first-order valence-corrected chi connectivity index (χ1v) is 18.5. The molecule has 51 heavy (non-hydrogen) atoms. The summed E-state index contributed by atoms with van der Waals surface area (Å²) < 4.78 is 2.61. The third kappa shape index (κ3) is 4.82. The Labute approximate surface area is 302 Å². The lowest BCUT2D eigenvalue weighted by atomic mass is 9.82. The Morgan fingerprint density at radius 3 is 1.96 bits per heavy atom. The normalized spacial score (nSPS) is 13.1. The van der Waals surface area contributed by atoms with Gasteiger partial charge in [0, 0.05) is 32.3 Å². The molecule has 0 spiro atoms. The Hall–Kier alpha value is -5.96. The molecule has 0 amide bonds. The van der Waals surface area contributed by atoms with Crippen LogP contribution in [0.3, 0.4) is 0 Å². The van der Waals surface area contributed by atoms with Gasteiger partial charge in [0.1, 0.15) is 0 Å². The number of hydrogen-bond acceptors (Lipinski definition) is 2. The highest BCUT2D eigenvalue weighted by atomic mass is 32.1. The topological polar surface area (TPSA) is 3.24 Å². The lowest BCUT2D eigenvalue weighted by molar-refractivity contribution is 0.660. The van der Waals surface area contributed by atoms with Gasteiger partial charge in [0.2, 0.25) is 0 Å². The summed E-state index contributed by atoms with van der Waals surface area (Å²) in [5.41, 5.74) is 13.7. The van der Waals surface area contributed by atoms with E-state index in [1.807, 2.05) is 11.3 Å². The number of anilines is 3. The van der Waals surface area contributed by atoms with Crippen LogP contribution in [-0.4, -0.2) is 0 Å². The van der Waals surface area contributed by atoms with Gasteiger partial charge >= 0.3 is 0 Å². The summed E-state index contributed by atoms with van der Waals surface area (Å²) in [6.45, 7) is 4.72. The molecule has 0 radical (unpaired) electrons. The van der Waals surface area contributed by atoms with Crippen LogP contribution in [0.4, 0.5) is 17.1 Å². The highest BCUT2D eigenvalue weighted by Gasteiger charge is 2.35. The fourth-order valence-corrected chi connectivity index (χ4v) is 9.42. The number of thiophene rings is 1. The Kier molecular flexibility index (Phi) is 6.78. The second-order valence-corrected chi connectivity index (χ2v) is 15.2. The van der Waals surface area contributed by atoms with Gasteiger partial charge in [-0.15, -0.1) is 11.3 Å². The van der Waals surface area contributed by atoms with Crippen molar-refractivity contribution in [2.24, 2.45) is 0 Å². The molecule has 0 saturated carbocycles. The van der Waals surface area contributed by atoms with Gasteiger partial charge in [-0.05, 0) is 104 Å². The van der Waals surface area contributed by atoms with Gasteiger partial charge in [0.05, 0.1) is 10.4 Å². The maximum Gasteiger partial charge on any atom is 0.0640 e. The Morgan fingerprint density at radius 1 is 0.431 bits per heavy atom. The molecule has 0 bridgehead atoms. The third-order valence-corrected chi connectivity index (χ3v) is 12.1. The SMILES string of the molecule is CC1(C)c2ccccc2-c2ccc(N(c3ccc(-c4cccc(-c5ccc6ccccc6c5)c4)cc3)c3cccc4c3sc3ccccc34)cc21. The van der Waals surface area contributed by atoms with E-state index in [1.54, 1.807) is 0 Å². The molecular weight excluding hydrogens is 635 g/mol. The van der Waals surface area contributed by atoms with Crippen molar-refractivity contribution in [1.82, 2.24) is 0 Å². The van der Waals surface area contributed by atoms with Gasteiger partial charge in [0.15, 0.2) is 0 Å². The van der Waals surface area contributed by atoms with Crippen LogP contribution in [0.1, 0.15) is 25.0 Å². The van der Waals surface area contributed by atoms with Gasteiger partial charge in [-0.2, -0.15) is 0 Å². The molecule has 1 aromatic heterocycles. The number of hydrogen-bond donors (Lipinski definition) is 0. The number of benzene rings is 8. The largest absolute Gasteiger partial charge is 0.309 e. The first-order chi connectivity index (χ1) is 25.0. The molecule has 0 saturated heterocycles. The summed E-state index contributed by atoms with van der Waals surface area (Å²) in [5, 5.41) is 5.14. The summed E-state index contributed by atoms with van der Waals surface area (Å²) >= 11 is 1.88. The first-order valence-electron chi connectivity index (χ1n) is 17.7. The molecule has 0 atom stereocenters. The molecule has 2 heteroatoms. The highest BCUT2D eigenvalue weighted by Crippen LogP contribution is 2.51. The fourth-order valence-electron chi connectivity index (χ4n) is 8.22. The van der Waals surface area contributed by atoms with Crippen molar-refractivity contribution in [1.29, 1.82) is 0 Å². The van der Waals surface area contributed by atoms with Crippen LogP contribution in [0.2, 0.25) is 0 Å². The van der Waals surface area contributed by atoms with E-state index in [-0.39, 0.29) is 5.41 Å². The molecule has 9 aromatic rings. The van der Waals surface area contributed by atoms with Crippen LogP contribution in [0.5, 0.6) is 0 Å². The van der Waals surface area contributed by atoms with Crippen molar-refractivity contribution in [2.75, 3.05) is 4.90 Å². The van der Waals surface area contributed by atoms with Crippen LogP contribution in [-0.2, 0) is 5.41 Å². The summed E-state index contributed by atoms with van der Waals surface area (Å²) in [6.07, 6.45) is 0. The summed E-state index contributed by atoms with van der Waals surface area (Å²) in [6, 6.07) is 64.9. The molecule has 10 rings (SSSR count). The summed E-state index contributed by atoms with van der Waals surface area (Å²) in [5.74, 6) is 0. The van der Waals surface area contributed by atoms with Crippen LogP contribution >= 0.6 is 11.3 Å². The van der Waals surface area contributed by atoms with Crippen molar-refractivity contribution in [3.63, 3.8) is 0 Å². The standard InChI is InChI=1S/C49H35NS/c1-49(2)44-18-7-5-15-40(44)41-28-27-39(31-45(41)49)50(46-19-10-17-43-42-16-6-8-20-47(42)51-48(43)46)38-25-23-33(24-26-38)35-13-9-14-36(29-35)37-22-21-32-11-3-4-12-34(32)30-37/h3-31H,1-2H3. The number of nitrogens with zero attached hydrogens (tertiary/aromatic N) is 1. The monoisotopic (exact) mass is 669 g/mol. The third-order valence-electron chi connectivity index (χ3n) is 10.9. The average molecular weight is 670 g/mol. The summed E-state index contributed by atoms with van der Waals surface area (Å²) in [7, 11) is 0. The fraction of sp³-hybridized carbons (Fsp3) is 0.0612. The second kappa shape index (κ2) is 11.6. The van der Waals surface area contributed by atoms with Crippen molar-refractivity contribution >= 4 is 59.3 Å². The van der Waals surface area contributed by atoms with Gasteiger partial charge in [-0.25, -0.2) is 0 Å². The Bertz CT molecular complexity index is 2780. The lowest BCUT2D eigenvalue weighted by Crippen LogP contribution is -2.16. The Balaban J connectivity index is 1.10. The van der Waals surface area contributed by atoms with Gasteiger partial charge in [-0.3, -0.25) is 0 Å². The molecule has 0 unspecified atom stereocenters. The zero-order chi connectivity index (χ0) is 34.1. The van der Waals surface area contributed by atoms with E-state index in [0.29, 0.717) is 0 Å². The zero-order valence-electron chi connectivity index (χ0n) is 28.6. The molecular formula is C49H35NS. The zero-order valence-corrected chi connectivity index (χ0v) is 29.4. The molecule has 0 fully saturated rings. The van der Waals surface area contributed by atoms with Crippen molar-refractivity contribution < 1.29 is 0 Å². The minimum atomic E-state index is -0.0862. The second-order valence-electron chi connectivity index (χ2n) is 14.2. The maximum atomic E-state index is 2.46. The molecule has 242 valence electrons. The van der Waals surface area contributed by atoms with Gasteiger partial charge in [0.25, 0.3) is 0 Å². The van der Waals surface area contributed by atoms with E-state index in [4.69, 9.17) is 0 Å². The van der Waals surface area contributed by atoms with Gasteiger partial charge < -0.3 is 4.90 Å². The van der Waals surface area contributed by atoms with E-state index >= 15 is 0 Å². The minimum Gasteiger partial charge on any atom is -0.309 e. The molecule has 0 N–H and O–H groups in total. The average Bonchev–Trinajstić information content (AvgIpc) is 3.68. The van der Waals surface area contributed by atoms with E-state index in [9.17, 15) is 0 Å². The molecule has 1 aliphatic rings. The van der Waals surface area contributed by atoms with Crippen LogP contribution in [0, 0.1) is 0 Å². The van der Waals surface area contributed by atoms with E-state index in [2.05, 4.69) is 195 Å². The van der Waals surface area contributed by atoms with E-state index in [0.717, 1.165) is 5.69 Å². The summed E-state index contributed by atoms with van der Waals surface area (Å²) in [4.78, 5) is 2.46. The molecule has 0 aliphatic heterocycles. The van der Waals surface area contributed by atoms with Crippen molar-refractivity contribution in [3.05, 3.63) is 187 Å². The molecule has 1 heterocycles. The van der Waals surface area contributed by atoms with Crippen LogP contribution < -0.4 is 4.90 Å². The predicted molar refractivity (Wildman–Crippen MR) is 220 cm³/mol. The quantitative estimate of drug-likeness (QED) is 0.176. The predicted octanol–water partition coefficient (Wildman–Crippen LogP) is 14.3. The maximum absolute atomic E-state index is 2.46. The van der Waals surface area contributed by atoms with E-state index in [1.165, 1.54) is 86.8 Å². The van der Waals surface area contributed by atoms with Crippen molar-refractivity contribution in [2.45, 2.75) is 19.3 Å². The van der Waals surface area contributed by atoms with Gasteiger partial charge in [-0.1, -0.05) is 141 Å². The van der Waals surface area contributed by atoms with E-state index < -0.39 is 0 Å². The minimum absolute atomic E-state index is 0.0862. The molecule has 8 aromatic carbocycles. The van der Waals surface area contributed by atoms with Crippen LogP contribution in [0.25, 0.3) is 64.3 Å². The van der Waals surface area contributed by atoms with Crippen LogP contribution in [0.15, 0.2) is 176 Å². The van der Waals surface area contributed by atoms with Crippen molar-refractivity contribution in [3.8, 4) is 33.4 Å². The smallest absolute Gasteiger partial charge is 0.0640 e. The number of rotatable bonds is 5.